The van der Waals surface area contributed by atoms with Crippen molar-refractivity contribution >= 4 is 6.29 Å². The standard InChI is InChI=1S/C12H11N3O2/c1-8-11-7-17-12-9(5-6-16)3-2-4-10(12)15(11)14-13-8/h2-4,6H,5,7H2,1H3. The molecule has 0 amide bonds. The highest BCUT2D eigenvalue weighted by Gasteiger charge is 2.22. The van der Waals surface area contributed by atoms with E-state index in [1.54, 1.807) is 4.68 Å². The Morgan fingerprint density at radius 3 is 3.24 bits per heavy atom. The van der Waals surface area contributed by atoms with Crippen LogP contribution in [0.25, 0.3) is 5.69 Å². The fourth-order valence-electron chi connectivity index (χ4n) is 2.03. The number of carbonyl (C=O) groups is 1. The zero-order valence-electron chi connectivity index (χ0n) is 9.38. The Balaban J connectivity index is 2.20. The van der Waals surface area contributed by atoms with Gasteiger partial charge in [-0.1, -0.05) is 17.3 Å². The summed E-state index contributed by atoms with van der Waals surface area (Å²) < 4.78 is 7.49. The van der Waals surface area contributed by atoms with Crippen molar-refractivity contribution in [3.8, 4) is 11.4 Å². The summed E-state index contributed by atoms with van der Waals surface area (Å²) in [5.74, 6) is 0.733. The SMILES string of the molecule is Cc1nnn2c1COc1c(CC=O)cccc1-2. The highest BCUT2D eigenvalue weighted by Crippen LogP contribution is 2.33. The molecule has 2 heterocycles. The first kappa shape index (κ1) is 10.0. The molecule has 5 heteroatoms. The molecule has 0 fully saturated rings. The van der Waals surface area contributed by atoms with E-state index in [0.717, 1.165) is 34.7 Å². The van der Waals surface area contributed by atoms with Gasteiger partial charge in [0.1, 0.15) is 30.0 Å². The number of aromatic nitrogens is 3. The summed E-state index contributed by atoms with van der Waals surface area (Å²) in [7, 11) is 0. The van der Waals surface area contributed by atoms with Crippen molar-refractivity contribution in [2.24, 2.45) is 0 Å². The molecule has 0 unspecified atom stereocenters. The zero-order valence-corrected chi connectivity index (χ0v) is 9.38. The van der Waals surface area contributed by atoms with E-state index in [-0.39, 0.29) is 0 Å². The van der Waals surface area contributed by atoms with Gasteiger partial charge in [0.15, 0.2) is 0 Å². The number of aldehydes is 1. The van der Waals surface area contributed by atoms with Crippen molar-refractivity contribution in [1.29, 1.82) is 0 Å². The lowest BCUT2D eigenvalue weighted by Crippen LogP contribution is -2.15. The fraction of sp³-hybridized carbons (Fsp3) is 0.250. The van der Waals surface area contributed by atoms with Crippen LogP contribution in [0.4, 0.5) is 0 Å². The first-order chi connectivity index (χ1) is 8.31. The van der Waals surface area contributed by atoms with Crippen molar-refractivity contribution in [3.05, 3.63) is 35.2 Å². The molecule has 1 aliphatic heterocycles. The molecule has 0 radical (unpaired) electrons. The predicted molar refractivity (Wildman–Crippen MR) is 60.2 cm³/mol. The molecule has 0 aliphatic carbocycles. The number of benzene rings is 1. The van der Waals surface area contributed by atoms with Gasteiger partial charge < -0.3 is 9.53 Å². The third-order valence-electron chi connectivity index (χ3n) is 2.92. The zero-order chi connectivity index (χ0) is 11.8. The summed E-state index contributed by atoms with van der Waals surface area (Å²) in [5.41, 5.74) is 3.57. The van der Waals surface area contributed by atoms with E-state index in [1.807, 2.05) is 25.1 Å². The number of hydrogen-bond acceptors (Lipinski definition) is 4. The molecule has 0 bridgehead atoms. The quantitative estimate of drug-likeness (QED) is 0.726. The van der Waals surface area contributed by atoms with Crippen molar-refractivity contribution in [1.82, 2.24) is 15.0 Å². The van der Waals surface area contributed by atoms with E-state index in [1.165, 1.54) is 0 Å². The molecule has 5 nitrogen and oxygen atoms in total. The van der Waals surface area contributed by atoms with Gasteiger partial charge in [-0.25, -0.2) is 4.68 Å². The van der Waals surface area contributed by atoms with E-state index < -0.39 is 0 Å². The Labute approximate surface area is 98.0 Å². The van der Waals surface area contributed by atoms with Crippen LogP contribution in [0.5, 0.6) is 5.75 Å². The maximum atomic E-state index is 10.6. The van der Waals surface area contributed by atoms with Crippen LogP contribution in [0, 0.1) is 6.92 Å². The van der Waals surface area contributed by atoms with Gasteiger partial charge in [0.05, 0.1) is 5.69 Å². The van der Waals surface area contributed by atoms with Crippen molar-refractivity contribution in [2.45, 2.75) is 20.0 Å². The van der Waals surface area contributed by atoms with E-state index in [9.17, 15) is 4.79 Å². The monoisotopic (exact) mass is 229 g/mol. The Kier molecular flexibility index (Phi) is 2.18. The number of aryl methyl sites for hydroxylation is 1. The van der Waals surface area contributed by atoms with Crippen molar-refractivity contribution < 1.29 is 9.53 Å². The van der Waals surface area contributed by atoms with Crippen LogP contribution in [-0.4, -0.2) is 21.3 Å². The van der Waals surface area contributed by atoms with Crippen LogP contribution >= 0.6 is 0 Å². The van der Waals surface area contributed by atoms with Gasteiger partial charge in [-0.2, -0.15) is 0 Å². The largest absolute Gasteiger partial charge is 0.485 e. The molecule has 0 spiro atoms. The second-order valence-electron chi connectivity index (χ2n) is 3.96. The first-order valence-corrected chi connectivity index (χ1v) is 5.41. The van der Waals surface area contributed by atoms with Crippen LogP contribution in [0.15, 0.2) is 18.2 Å². The van der Waals surface area contributed by atoms with Gasteiger partial charge in [-0.05, 0) is 13.0 Å². The lowest BCUT2D eigenvalue weighted by atomic mass is 10.1. The number of fused-ring (bicyclic) bond motifs is 3. The Hall–Kier alpha value is -2.17. The van der Waals surface area contributed by atoms with Crippen LogP contribution < -0.4 is 4.74 Å². The maximum Gasteiger partial charge on any atom is 0.149 e. The predicted octanol–water partition coefficient (Wildman–Crippen LogP) is 1.21. The number of hydrogen-bond donors (Lipinski definition) is 0. The summed E-state index contributed by atoms with van der Waals surface area (Å²) in [6.07, 6.45) is 1.23. The minimum absolute atomic E-state index is 0.353. The number of nitrogens with zero attached hydrogens (tertiary/aromatic N) is 3. The Morgan fingerprint density at radius 2 is 2.41 bits per heavy atom. The molecule has 0 saturated heterocycles. The summed E-state index contributed by atoms with van der Waals surface area (Å²) >= 11 is 0. The highest BCUT2D eigenvalue weighted by atomic mass is 16.5. The molecule has 0 N–H and O–H groups in total. The minimum atomic E-state index is 0.353. The second kappa shape index (κ2) is 3.69. The van der Waals surface area contributed by atoms with Gasteiger partial charge in [0.2, 0.25) is 0 Å². The Bertz CT molecular complexity index is 589. The molecule has 3 rings (SSSR count). The number of carbonyl (C=O) groups excluding carboxylic acids is 1. The summed E-state index contributed by atoms with van der Waals surface area (Å²) in [5, 5.41) is 8.13. The van der Waals surface area contributed by atoms with Crippen LogP contribution in [0.2, 0.25) is 0 Å². The molecule has 1 aromatic carbocycles. The molecular formula is C12H11N3O2. The molecule has 1 aromatic heterocycles. The average molecular weight is 229 g/mol. The van der Waals surface area contributed by atoms with E-state index in [2.05, 4.69) is 10.3 Å². The number of para-hydroxylation sites is 1. The van der Waals surface area contributed by atoms with Gasteiger partial charge in [0.25, 0.3) is 0 Å². The summed E-state index contributed by atoms with van der Waals surface area (Å²) in [4.78, 5) is 10.6. The molecule has 86 valence electrons. The second-order valence-corrected chi connectivity index (χ2v) is 3.96. The summed E-state index contributed by atoms with van der Waals surface area (Å²) in [6.45, 7) is 2.35. The normalized spacial score (nSPS) is 12.5. The topological polar surface area (TPSA) is 57.0 Å². The van der Waals surface area contributed by atoms with Crippen molar-refractivity contribution in [3.63, 3.8) is 0 Å². The third kappa shape index (κ3) is 1.43. The van der Waals surface area contributed by atoms with Crippen LogP contribution in [0.3, 0.4) is 0 Å². The average Bonchev–Trinajstić information content (AvgIpc) is 2.72. The molecule has 0 saturated carbocycles. The fourth-order valence-corrected chi connectivity index (χ4v) is 2.03. The van der Waals surface area contributed by atoms with Gasteiger partial charge in [-0.15, -0.1) is 5.10 Å². The Morgan fingerprint density at radius 1 is 1.53 bits per heavy atom. The molecule has 2 aromatic rings. The third-order valence-corrected chi connectivity index (χ3v) is 2.92. The van der Waals surface area contributed by atoms with E-state index >= 15 is 0 Å². The molecule has 0 atom stereocenters. The van der Waals surface area contributed by atoms with Crippen molar-refractivity contribution in [2.75, 3.05) is 0 Å². The van der Waals surface area contributed by atoms with Crippen LogP contribution in [-0.2, 0) is 17.8 Å². The highest BCUT2D eigenvalue weighted by molar-refractivity contribution is 5.62. The lowest BCUT2D eigenvalue weighted by Gasteiger charge is -2.20. The number of ether oxygens (including phenoxy) is 1. The first-order valence-electron chi connectivity index (χ1n) is 5.41. The molecule has 1 aliphatic rings. The van der Waals surface area contributed by atoms with Gasteiger partial charge in [-0.3, -0.25) is 0 Å². The molecule has 17 heavy (non-hydrogen) atoms. The van der Waals surface area contributed by atoms with E-state index in [0.29, 0.717) is 13.0 Å². The lowest BCUT2D eigenvalue weighted by molar-refractivity contribution is -0.107. The van der Waals surface area contributed by atoms with Gasteiger partial charge >= 0.3 is 0 Å². The molecular weight excluding hydrogens is 218 g/mol. The van der Waals surface area contributed by atoms with Crippen LogP contribution in [0.1, 0.15) is 17.0 Å². The maximum absolute atomic E-state index is 10.6. The smallest absolute Gasteiger partial charge is 0.149 e. The minimum Gasteiger partial charge on any atom is -0.485 e. The number of rotatable bonds is 2. The summed E-state index contributed by atoms with van der Waals surface area (Å²) in [6, 6.07) is 5.70. The van der Waals surface area contributed by atoms with E-state index in [4.69, 9.17) is 4.74 Å². The van der Waals surface area contributed by atoms with Gasteiger partial charge in [0, 0.05) is 12.0 Å².